The Balaban J connectivity index is 1.96. The predicted molar refractivity (Wildman–Crippen MR) is 107 cm³/mol. The van der Waals surface area contributed by atoms with Crippen LogP contribution < -0.4 is 5.56 Å². The van der Waals surface area contributed by atoms with Crippen molar-refractivity contribution in [2.24, 2.45) is 0 Å². The molecule has 0 atom stereocenters. The zero-order valence-corrected chi connectivity index (χ0v) is 16.5. The van der Waals surface area contributed by atoms with E-state index in [1.807, 2.05) is 57.2 Å². The van der Waals surface area contributed by atoms with Crippen LogP contribution in [0.5, 0.6) is 0 Å². The maximum atomic E-state index is 12.9. The van der Waals surface area contributed by atoms with E-state index in [0.717, 1.165) is 10.4 Å². The summed E-state index contributed by atoms with van der Waals surface area (Å²) in [7, 11) is 0. The minimum Gasteiger partial charge on any atom is -0.462 e. The number of thiophene rings is 1. The smallest absolute Gasteiger partial charge is 0.316 e. The molecule has 0 saturated heterocycles. The van der Waals surface area contributed by atoms with Crippen molar-refractivity contribution in [1.82, 2.24) is 9.55 Å². The van der Waals surface area contributed by atoms with Crippen LogP contribution in [-0.4, -0.2) is 27.4 Å². The molecule has 5 nitrogen and oxygen atoms in total. The average Bonchev–Trinajstić information content (AvgIpc) is 3.05. The summed E-state index contributed by atoms with van der Waals surface area (Å²) in [6, 6.07) is 11.9. The first-order valence-electron chi connectivity index (χ1n) is 8.41. The molecule has 0 unspecified atom stereocenters. The van der Waals surface area contributed by atoms with Crippen molar-refractivity contribution in [3.05, 3.63) is 46.8 Å². The Morgan fingerprint density at radius 3 is 2.69 bits per heavy atom. The second kappa shape index (κ2) is 8.05. The van der Waals surface area contributed by atoms with Gasteiger partial charge in [-0.15, -0.1) is 11.3 Å². The van der Waals surface area contributed by atoms with Gasteiger partial charge in [0.25, 0.3) is 5.56 Å². The molecule has 0 amide bonds. The van der Waals surface area contributed by atoms with Crippen molar-refractivity contribution in [2.45, 2.75) is 38.6 Å². The van der Waals surface area contributed by atoms with Crippen molar-refractivity contribution in [2.75, 3.05) is 5.75 Å². The summed E-state index contributed by atoms with van der Waals surface area (Å²) >= 11 is 2.69. The fraction of sp³-hybridized carbons (Fsp3) is 0.316. The number of ether oxygens (including phenoxy) is 1. The number of hydrogen-bond donors (Lipinski definition) is 0. The van der Waals surface area contributed by atoms with Crippen molar-refractivity contribution in [1.29, 1.82) is 0 Å². The first-order valence-corrected chi connectivity index (χ1v) is 10.2. The van der Waals surface area contributed by atoms with Gasteiger partial charge in [-0.05, 0) is 32.4 Å². The molecule has 0 fully saturated rings. The molecule has 0 spiro atoms. The lowest BCUT2D eigenvalue weighted by Gasteiger charge is -2.10. The number of nitrogens with zero attached hydrogens (tertiary/aromatic N) is 2. The van der Waals surface area contributed by atoms with Crippen LogP contribution in [0.25, 0.3) is 20.7 Å². The highest BCUT2D eigenvalue weighted by Gasteiger charge is 2.16. The number of esters is 1. The summed E-state index contributed by atoms with van der Waals surface area (Å²) < 4.78 is 7.40. The van der Waals surface area contributed by atoms with Gasteiger partial charge in [0.05, 0.1) is 17.4 Å². The topological polar surface area (TPSA) is 61.2 Å². The molecule has 2 heterocycles. The van der Waals surface area contributed by atoms with Crippen molar-refractivity contribution < 1.29 is 9.53 Å². The van der Waals surface area contributed by atoms with Crippen LogP contribution in [0.1, 0.15) is 20.8 Å². The molecule has 136 valence electrons. The third kappa shape index (κ3) is 3.99. The largest absolute Gasteiger partial charge is 0.462 e. The fourth-order valence-electron chi connectivity index (χ4n) is 2.54. The molecule has 2 aromatic heterocycles. The van der Waals surface area contributed by atoms with Crippen molar-refractivity contribution in [3.8, 4) is 10.4 Å². The van der Waals surface area contributed by atoms with E-state index in [0.29, 0.717) is 21.9 Å². The Labute approximate surface area is 160 Å². The molecule has 0 bridgehead atoms. The number of rotatable bonds is 6. The van der Waals surface area contributed by atoms with Crippen LogP contribution >= 0.6 is 23.1 Å². The lowest BCUT2D eigenvalue weighted by Crippen LogP contribution is -2.22. The number of aromatic nitrogens is 2. The average molecular weight is 389 g/mol. The molecule has 7 heteroatoms. The van der Waals surface area contributed by atoms with E-state index >= 15 is 0 Å². The minimum atomic E-state index is -0.308. The van der Waals surface area contributed by atoms with E-state index in [1.54, 1.807) is 4.57 Å². The normalized spacial score (nSPS) is 11.2. The Kier molecular flexibility index (Phi) is 5.78. The third-order valence-corrected chi connectivity index (χ3v) is 5.77. The number of benzene rings is 1. The van der Waals surface area contributed by atoms with E-state index in [9.17, 15) is 9.59 Å². The molecule has 3 aromatic rings. The van der Waals surface area contributed by atoms with E-state index in [2.05, 4.69) is 4.98 Å². The summed E-state index contributed by atoms with van der Waals surface area (Å²) in [5.74, 6) is -0.177. The molecule has 1 aromatic carbocycles. The zero-order valence-electron chi connectivity index (χ0n) is 14.9. The van der Waals surface area contributed by atoms with Crippen LogP contribution in [0.4, 0.5) is 0 Å². The lowest BCUT2D eigenvalue weighted by molar-refractivity contribution is -0.144. The van der Waals surface area contributed by atoms with Gasteiger partial charge < -0.3 is 4.74 Å². The molecular weight excluding hydrogens is 368 g/mol. The first-order chi connectivity index (χ1) is 12.5. The van der Waals surface area contributed by atoms with E-state index in [4.69, 9.17) is 4.74 Å². The SMILES string of the molecule is CCn1c(SCC(=O)OC(C)C)nc2cc(-c3ccccc3)sc2c1=O. The highest BCUT2D eigenvalue weighted by Crippen LogP contribution is 2.31. The second-order valence-electron chi connectivity index (χ2n) is 5.96. The standard InChI is InChI=1S/C19H20N2O3S2/c1-4-21-18(23)17-14(10-15(26-17)13-8-6-5-7-9-13)20-19(21)25-11-16(22)24-12(2)3/h5-10,12H,4,11H2,1-3H3. The predicted octanol–water partition coefficient (Wildman–Crippen LogP) is 4.19. The van der Waals surface area contributed by atoms with Gasteiger partial charge in [0.15, 0.2) is 5.16 Å². The molecule has 3 rings (SSSR count). The maximum Gasteiger partial charge on any atom is 0.316 e. The van der Waals surface area contributed by atoms with Crippen molar-refractivity contribution in [3.63, 3.8) is 0 Å². The van der Waals surface area contributed by atoms with Gasteiger partial charge in [-0.25, -0.2) is 4.98 Å². The van der Waals surface area contributed by atoms with Gasteiger partial charge >= 0.3 is 5.97 Å². The van der Waals surface area contributed by atoms with Gasteiger partial charge in [0.1, 0.15) is 4.70 Å². The summed E-state index contributed by atoms with van der Waals surface area (Å²) in [5, 5.41) is 0.545. The van der Waals surface area contributed by atoms with Crippen LogP contribution in [0.3, 0.4) is 0 Å². The van der Waals surface area contributed by atoms with Crippen LogP contribution in [0, 0.1) is 0 Å². The van der Waals surface area contributed by atoms with Crippen LogP contribution in [0.2, 0.25) is 0 Å². The van der Waals surface area contributed by atoms with Crippen LogP contribution in [-0.2, 0) is 16.1 Å². The molecular formula is C19H20N2O3S2. The monoisotopic (exact) mass is 388 g/mol. The van der Waals surface area contributed by atoms with Gasteiger partial charge in [-0.2, -0.15) is 0 Å². The summed E-state index contributed by atoms with van der Waals surface area (Å²) in [6.45, 7) is 6.02. The molecule has 26 heavy (non-hydrogen) atoms. The number of carbonyl (C=O) groups excluding carboxylic acids is 1. The fourth-order valence-corrected chi connectivity index (χ4v) is 4.44. The Morgan fingerprint density at radius 2 is 2.04 bits per heavy atom. The van der Waals surface area contributed by atoms with Gasteiger partial charge in [0.2, 0.25) is 0 Å². The maximum absolute atomic E-state index is 12.9. The molecule has 0 aliphatic heterocycles. The first kappa shape index (κ1) is 18.7. The summed E-state index contributed by atoms with van der Waals surface area (Å²) in [4.78, 5) is 30.3. The number of carbonyl (C=O) groups is 1. The number of hydrogen-bond acceptors (Lipinski definition) is 6. The zero-order chi connectivity index (χ0) is 18.7. The van der Waals surface area contributed by atoms with Gasteiger partial charge in [-0.1, -0.05) is 42.1 Å². The molecule has 0 aliphatic rings. The Bertz CT molecular complexity index is 978. The van der Waals surface area contributed by atoms with Gasteiger partial charge in [0, 0.05) is 11.4 Å². The quantitative estimate of drug-likeness (QED) is 0.360. The number of thioether (sulfide) groups is 1. The lowest BCUT2D eigenvalue weighted by atomic mass is 10.2. The molecule has 0 N–H and O–H groups in total. The summed E-state index contributed by atoms with van der Waals surface area (Å²) in [5.41, 5.74) is 1.67. The van der Waals surface area contributed by atoms with Crippen molar-refractivity contribution >= 4 is 39.3 Å². The molecule has 0 radical (unpaired) electrons. The Morgan fingerprint density at radius 1 is 1.31 bits per heavy atom. The van der Waals surface area contributed by atoms with Gasteiger partial charge in [-0.3, -0.25) is 14.2 Å². The van der Waals surface area contributed by atoms with Crippen LogP contribution in [0.15, 0.2) is 46.3 Å². The third-order valence-electron chi connectivity index (χ3n) is 3.66. The van der Waals surface area contributed by atoms with E-state index in [1.165, 1.54) is 23.1 Å². The second-order valence-corrected chi connectivity index (χ2v) is 7.96. The minimum absolute atomic E-state index is 0.0654. The summed E-state index contributed by atoms with van der Waals surface area (Å²) in [6.07, 6.45) is -0.155. The van der Waals surface area contributed by atoms with E-state index in [-0.39, 0.29) is 23.4 Å². The highest BCUT2D eigenvalue weighted by atomic mass is 32.2. The molecule has 0 aliphatic carbocycles. The Hall–Kier alpha value is -2.12. The molecule has 0 saturated carbocycles. The number of fused-ring (bicyclic) bond motifs is 1. The highest BCUT2D eigenvalue weighted by molar-refractivity contribution is 7.99. The van der Waals surface area contributed by atoms with E-state index < -0.39 is 0 Å².